The van der Waals surface area contributed by atoms with Crippen molar-refractivity contribution in [2.24, 2.45) is 5.92 Å². The third-order valence-electron chi connectivity index (χ3n) is 2.63. The van der Waals surface area contributed by atoms with Crippen molar-refractivity contribution < 1.29 is 5.11 Å². The molecule has 0 heterocycles. The fourth-order valence-electron chi connectivity index (χ4n) is 1.17. The van der Waals surface area contributed by atoms with Crippen molar-refractivity contribution in [2.45, 2.75) is 45.3 Å². The normalized spacial score (nSPS) is 20.8. The van der Waals surface area contributed by atoms with Crippen LogP contribution in [0.25, 0.3) is 0 Å². The standard InChI is InChI=1S/C11H23NOS/c1-3-9(2)7-14-8-11(13)6-12-10-4-5-10/h9-13H,3-8H2,1-2H3. The van der Waals surface area contributed by atoms with Crippen LogP contribution in [0.3, 0.4) is 0 Å². The molecular formula is C11H23NOS. The molecule has 0 aromatic rings. The van der Waals surface area contributed by atoms with Crippen molar-refractivity contribution in [3.05, 3.63) is 0 Å². The average Bonchev–Trinajstić information content (AvgIpc) is 2.98. The topological polar surface area (TPSA) is 32.3 Å². The monoisotopic (exact) mass is 217 g/mol. The van der Waals surface area contributed by atoms with Crippen LogP contribution in [0.4, 0.5) is 0 Å². The lowest BCUT2D eigenvalue weighted by molar-refractivity contribution is 0.195. The van der Waals surface area contributed by atoms with E-state index < -0.39 is 0 Å². The van der Waals surface area contributed by atoms with E-state index in [1.54, 1.807) is 0 Å². The molecule has 2 unspecified atom stereocenters. The number of aliphatic hydroxyl groups is 1. The van der Waals surface area contributed by atoms with Gasteiger partial charge < -0.3 is 10.4 Å². The first-order valence-corrected chi connectivity index (χ1v) is 6.87. The van der Waals surface area contributed by atoms with Gasteiger partial charge in [0.05, 0.1) is 6.10 Å². The zero-order valence-electron chi connectivity index (χ0n) is 9.33. The molecule has 1 fully saturated rings. The Balaban J connectivity index is 1.88. The smallest absolute Gasteiger partial charge is 0.0754 e. The number of thioether (sulfide) groups is 1. The first-order chi connectivity index (χ1) is 6.72. The summed E-state index contributed by atoms with van der Waals surface area (Å²) in [6.07, 6.45) is 3.67. The van der Waals surface area contributed by atoms with Gasteiger partial charge in [0, 0.05) is 18.3 Å². The molecule has 0 bridgehead atoms. The van der Waals surface area contributed by atoms with E-state index in [-0.39, 0.29) is 6.10 Å². The van der Waals surface area contributed by atoms with E-state index in [0.29, 0.717) is 6.04 Å². The fourth-order valence-corrected chi connectivity index (χ4v) is 2.34. The van der Waals surface area contributed by atoms with Gasteiger partial charge in [-0.3, -0.25) is 0 Å². The molecular weight excluding hydrogens is 194 g/mol. The Hall–Kier alpha value is 0.270. The van der Waals surface area contributed by atoms with E-state index in [0.717, 1.165) is 18.2 Å². The highest BCUT2D eigenvalue weighted by molar-refractivity contribution is 7.99. The zero-order chi connectivity index (χ0) is 10.4. The van der Waals surface area contributed by atoms with E-state index in [2.05, 4.69) is 19.2 Å². The quantitative estimate of drug-likeness (QED) is 0.651. The molecule has 2 atom stereocenters. The molecule has 0 aliphatic heterocycles. The van der Waals surface area contributed by atoms with Gasteiger partial charge in [0.15, 0.2) is 0 Å². The summed E-state index contributed by atoms with van der Waals surface area (Å²) in [5, 5.41) is 13.0. The summed E-state index contributed by atoms with van der Waals surface area (Å²) in [6.45, 7) is 5.26. The van der Waals surface area contributed by atoms with Crippen LogP contribution >= 0.6 is 11.8 Å². The molecule has 1 saturated carbocycles. The molecule has 1 aliphatic carbocycles. The second kappa shape index (κ2) is 6.70. The third kappa shape index (κ3) is 5.89. The van der Waals surface area contributed by atoms with Gasteiger partial charge in [0.25, 0.3) is 0 Å². The maximum Gasteiger partial charge on any atom is 0.0754 e. The molecule has 84 valence electrons. The minimum Gasteiger partial charge on any atom is -0.391 e. The first-order valence-electron chi connectivity index (χ1n) is 5.71. The van der Waals surface area contributed by atoms with E-state index in [1.807, 2.05) is 11.8 Å². The molecule has 2 nitrogen and oxygen atoms in total. The van der Waals surface area contributed by atoms with Crippen LogP contribution in [0, 0.1) is 5.92 Å². The zero-order valence-corrected chi connectivity index (χ0v) is 10.1. The third-order valence-corrected chi connectivity index (χ3v) is 4.05. The number of hydrogen-bond donors (Lipinski definition) is 2. The number of rotatable bonds is 8. The van der Waals surface area contributed by atoms with Gasteiger partial charge in [-0.15, -0.1) is 0 Å². The Kier molecular flexibility index (Phi) is 5.90. The largest absolute Gasteiger partial charge is 0.391 e. The molecule has 1 rings (SSSR count). The second-order valence-electron chi connectivity index (χ2n) is 4.39. The van der Waals surface area contributed by atoms with Crippen molar-refractivity contribution in [3.8, 4) is 0 Å². The van der Waals surface area contributed by atoms with Gasteiger partial charge in [-0.25, -0.2) is 0 Å². The highest BCUT2D eigenvalue weighted by Gasteiger charge is 2.21. The molecule has 0 aromatic carbocycles. The molecule has 1 aliphatic rings. The fraction of sp³-hybridized carbons (Fsp3) is 1.00. The summed E-state index contributed by atoms with van der Waals surface area (Å²) in [7, 11) is 0. The number of nitrogens with one attached hydrogen (secondary N) is 1. The molecule has 0 radical (unpaired) electrons. The van der Waals surface area contributed by atoms with Gasteiger partial charge in [-0.1, -0.05) is 20.3 Å². The molecule has 0 spiro atoms. The summed E-state index contributed by atoms with van der Waals surface area (Å²) in [4.78, 5) is 0. The van der Waals surface area contributed by atoms with Crippen molar-refractivity contribution in [2.75, 3.05) is 18.1 Å². The summed E-state index contributed by atoms with van der Waals surface area (Å²) in [6, 6.07) is 0.712. The van der Waals surface area contributed by atoms with Crippen LogP contribution in [-0.4, -0.2) is 35.3 Å². The van der Waals surface area contributed by atoms with Crippen LogP contribution in [0.15, 0.2) is 0 Å². The van der Waals surface area contributed by atoms with Crippen LogP contribution in [0.1, 0.15) is 33.1 Å². The van der Waals surface area contributed by atoms with Crippen molar-refractivity contribution >= 4 is 11.8 Å². The summed E-state index contributed by atoms with van der Waals surface area (Å²) in [5.74, 6) is 2.84. The predicted octanol–water partition coefficient (Wildman–Crippen LogP) is 1.88. The van der Waals surface area contributed by atoms with Gasteiger partial charge in [0.1, 0.15) is 0 Å². The van der Waals surface area contributed by atoms with Crippen LogP contribution in [0.2, 0.25) is 0 Å². The molecule has 0 amide bonds. The minimum absolute atomic E-state index is 0.162. The SMILES string of the molecule is CCC(C)CSCC(O)CNC1CC1. The first kappa shape index (κ1) is 12.3. The second-order valence-corrected chi connectivity index (χ2v) is 5.46. The highest BCUT2D eigenvalue weighted by atomic mass is 32.2. The van der Waals surface area contributed by atoms with Crippen LogP contribution in [-0.2, 0) is 0 Å². The molecule has 2 N–H and O–H groups in total. The van der Waals surface area contributed by atoms with Gasteiger partial charge in [-0.05, 0) is 24.5 Å². The number of aliphatic hydroxyl groups excluding tert-OH is 1. The van der Waals surface area contributed by atoms with Crippen LogP contribution < -0.4 is 5.32 Å². The Bertz CT molecular complexity index is 150. The summed E-state index contributed by atoms with van der Waals surface area (Å²) < 4.78 is 0. The van der Waals surface area contributed by atoms with E-state index in [1.165, 1.54) is 25.0 Å². The van der Waals surface area contributed by atoms with E-state index in [9.17, 15) is 5.11 Å². The van der Waals surface area contributed by atoms with Crippen molar-refractivity contribution in [1.82, 2.24) is 5.32 Å². The summed E-state index contributed by atoms with van der Waals surface area (Å²) in [5.41, 5.74) is 0. The highest BCUT2D eigenvalue weighted by Crippen LogP contribution is 2.18. The van der Waals surface area contributed by atoms with Gasteiger partial charge >= 0.3 is 0 Å². The van der Waals surface area contributed by atoms with Crippen molar-refractivity contribution in [1.29, 1.82) is 0 Å². The van der Waals surface area contributed by atoms with Gasteiger partial charge in [-0.2, -0.15) is 11.8 Å². The number of hydrogen-bond acceptors (Lipinski definition) is 3. The Labute approximate surface area is 91.9 Å². The van der Waals surface area contributed by atoms with Crippen LogP contribution in [0.5, 0.6) is 0 Å². The Morgan fingerprint density at radius 2 is 2.14 bits per heavy atom. The molecule has 3 heteroatoms. The molecule has 14 heavy (non-hydrogen) atoms. The molecule has 0 aromatic heterocycles. The lowest BCUT2D eigenvalue weighted by Gasteiger charge is -2.12. The lowest BCUT2D eigenvalue weighted by Crippen LogP contribution is -2.30. The summed E-state index contributed by atoms with van der Waals surface area (Å²) >= 11 is 1.88. The Morgan fingerprint density at radius 1 is 1.43 bits per heavy atom. The predicted molar refractivity (Wildman–Crippen MR) is 63.8 cm³/mol. The Morgan fingerprint density at radius 3 is 2.71 bits per heavy atom. The molecule has 0 saturated heterocycles. The van der Waals surface area contributed by atoms with Crippen molar-refractivity contribution in [3.63, 3.8) is 0 Å². The lowest BCUT2D eigenvalue weighted by atomic mass is 10.2. The average molecular weight is 217 g/mol. The minimum atomic E-state index is -0.162. The van der Waals surface area contributed by atoms with E-state index in [4.69, 9.17) is 0 Å². The van der Waals surface area contributed by atoms with E-state index >= 15 is 0 Å². The van der Waals surface area contributed by atoms with Gasteiger partial charge in [0.2, 0.25) is 0 Å². The maximum absolute atomic E-state index is 9.63. The maximum atomic E-state index is 9.63.